The summed E-state index contributed by atoms with van der Waals surface area (Å²) >= 11 is 0. The normalized spacial score (nSPS) is 13.1. The highest BCUT2D eigenvalue weighted by Crippen LogP contribution is 2.11. The van der Waals surface area contributed by atoms with Crippen LogP contribution in [0.4, 0.5) is 0 Å². The van der Waals surface area contributed by atoms with Crippen LogP contribution in [0.15, 0.2) is 6.20 Å². The van der Waals surface area contributed by atoms with E-state index in [-0.39, 0.29) is 0 Å². The van der Waals surface area contributed by atoms with E-state index in [9.17, 15) is 5.11 Å². The number of aromatic nitrogens is 2. The summed E-state index contributed by atoms with van der Waals surface area (Å²) in [5, 5.41) is 9.23. The molecule has 3 heteroatoms. The monoisotopic (exact) mass is 152 g/mol. The third-order valence-corrected chi connectivity index (χ3v) is 1.51. The maximum absolute atomic E-state index is 9.23. The molecule has 1 atom stereocenters. The zero-order valence-electron chi connectivity index (χ0n) is 7.00. The molecule has 0 radical (unpaired) electrons. The van der Waals surface area contributed by atoms with Crippen molar-refractivity contribution in [2.45, 2.75) is 26.9 Å². The Morgan fingerprint density at radius 1 is 1.45 bits per heavy atom. The van der Waals surface area contributed by atoms with E-state index in [4.69, 9.17) is 0 Å². The number of hydrogen-bond acceptors (Lipinski definition) is 3. The third kappa shape index (κ3) is 1.74. The molecule has 0 aliphatic heterocycles. The van der Waals surface area contributed by atoms with E-state index in [2.05, 4.69) is 9.97 Å². The van der Waals surface area contributed by atoms with Crippen LogP contribution in [-0.4, -0.2) is 15.1 Å². The van der Waals surface area contributed by atoms with Crippen molar-refractivity contribution in [2.75, 3.05) is 0 Å². The van der Waals surface area contributed by atoms with E-state index in [1.54, 1.807) is 13.1 Å². The van der Waals surface area contributed by atoms with Gasteiger partial charge in [0.25, 0.3) is 0 Å². The third-order valence-electron chi connectivity index (χ3n) is 1.51. The predicted molar refractivity (Wildman–Crippen MR) is 42.1 cm³/mol. The van der Waals surface area contributed by atoms with Gasteiger partial charge in [0.1, 0.15) is 0 Å². The van der Waals surface area contributed by atoms with E-state index in [0.717, 1.165) is 11.4 Å². The quantitative estimate of drug-likeness (QED) is 0.656. The molecule has 0 spiro atoms. The minimum Gasteiger partial charge on any atom is -0.387 e. The fourth-order valence-corrected chi connectivity index (χ4v) is 0.952. The molecule has 0 amide bonds. The average Bonchev–Trinajstić information content (AvgIpc) is 1.94. The molecule has 1 heterocycles. The van der Waals surface area contributed by atoms with Gasteiger partial charge in [-0.2, -0.15) is 0 Å². The van der Waals surface area contributed by atoms with Gasteiger partial charge in [-0.3, -0.25) is 9.97 Å². The Balaban J connectivity index is 3.13. The van der Waals surface area contributed by atoms with E-state index < -0.39 is 6.10 Å². The topological polar surface area (TPSA) is 46.0 Å². The summed E-state index contributed by atoms with van der Waals surface area (Å²) in [6.07, 6.45) is 1.17. The number of aliphatic hydroxyl groups is 1. The Labute approximate surface area is 66.1 Å². The summed E-state index contributed by atoms with van der Waals surface area (Å²) in [4.78, 5) is 8.24. The average molecular weight is 152 g/mol. The number of rotatable bonds is 1. The predicted octanol–water partition coefficient (Wildman–Crippen LogP) is 1.15. The minimum atomic E-state index is -0.526. The van der Waals surface area contributed by atoms with Crippen molar-refractivity contribution in [1.82, 2.24) is 9.97 Å². The summed E-state index contributed by atoms with van der Waals surface area (Å²) in [5.74, 6) is 0. The molecular weight excluding hydrogens is 140 g/mol. The first-order chi connectivity index (χ1) is 5.11. The Morgan fingerprint density at radius 2 is 2.09 bits per heavy atom. The lowest BCUT2D eigenvalue weighted by Gasteiger charge is -2.06. The lowest BCUT2D eigenvalue weighted by molar-refractivity contribution is 0.192. The standard InChI is InChI=1S/C8H12N2O/c1-5-4-9-6(2)8(10-5)7(3)11/h4,7,11H,1-3H3/t7-/m0/s1. The maximum Gasteiger partial charge on any atom is 0.0950 e. The van der Waals surface area contributed by atoms with E-state index in [1.165, 1.54) is 0 Å². The van der Waals surface area contributed by atoms with Crippen molar-refractivity contribution in [3.63, 3.8) is 0 Å². The van der Waals surface area contributed by atoms with E-state index >= 15 is 0 Å². The maximum atomic E-state index is 9.23. The molecule has 0 saturated heterocycles. The van der Waals surface area contributed by atoms with Crippen LogP contribution in [0.25, 0.3) is 0 Å². The first-order valence-electron chi connectivity index (χ1n) is 3.59. The van der Waals surface area contributed by atoms with Crippen LogP contribution in [0.5, 0.6) is 0 Å². The molecule has 0 aromatic carbocycles. The summed E-state index contributed by atoms with van der Waals surface area (Å²) in [6.45, 7) is 5.39. The van der Waals surface area contributed by atoms with Crippen molar-refractivity contribution >= 4 is 0 Å². The van der Waals surface area contributed by atoms with E-state index in [0.29, 0.717) is 5.69 Å². The minimum absolute atomic E-state index is 0.526. The Morgan fingerprint density at radius 3 is 2.55 bits per heavy atom. The zero-order chi connectivity index (χ0) is 8.43. The molecule has 1 rings (SSSR count). The van der Waals surface area contributed by atoms with Crippen LogP contribution in [0.2, 0.25) is 0 Å². The van der Waals surface area contributed by atoms with Gasteiger partial charge in [-0.15, -0.1) is 0 Å². The number of hydrogen-bond donors (Lipinski definition) is 1. The molecular formula is C8H12N2O. The van der Waals surface area contributed by atoms with Crippen molar-refractivity contribution in [3.8, 4) is 0 Å². The second kappa shape index (κ2) is 2.96. The number of aryl methyl sites for hydroxylation is 2. The van der Waals surface area contributed by atoms with Gasteiger partial charge >= 0.3 is 0 Å². The molecule has 0 saturated carbocycles. The SMILES string of the molecule is Cc1cnc(C)c([C@H](C)O)n1. The Bertz CT molecular complexity index is 258. The zero-order valence-corrected chi connectivity index (χ0v) is 7.00. The Hall–Kier alpha value is -0.960. The second-order valence-corrected chi connectivity index (χ2v) is 2.66. The molecule has 1 aromatic rings. The number of nitrogens with zero attached hydrogens (tertiary/aromatic N) is 2. The van der Waals surface area contributed by atoms with Crippen molar-refractivity contribution in [1.29, 1.82) is 0 Å². The first-order valence-corrected chi connectivity index (χ1v) is 3.59. The van der Waals surface area contributed by atoms with Gasteiger partial charge in [0, 0.05) is 6.20 Å². The van der Waals surface area contributed by atoms with Crippen molar-refractivity contribution in [3.05, 3.63) is 23.3 Å². The molecule has 0 bridgehead atoms. The summed E-state index contributed by atoms with van der Waals surface area (Å²) in [6, 6.07) is 0. The highest BCUT2D eigenvalue weighted by atomic mass is 16.3. The van der Waals surface area contributed by atoms with Crippen LogP contribution < -0.4 is 0 Å². The molecule has 0 unspecified atom stereocenters. The van der Waals surface area contributed by atoms with Gasteiger partial charge in [-0.05, 0) is 20.8 Å². The summed E-state index contributed by atoms with van der Waals surface area (Å²) in [5.41, 5.74) is 2.31. The van der Waals surface area contributed by atoms with Gasteiger partial charge in [0.05, 0.1) is 23.2 Å². The molecule has 3 nitrogen and oxygen atoms in total. The van der Waals surface area contributed by atoms with Crippen LogP contribution in [0.1, 0.15) is 30.1 Å². The first kappa shape index (κ1) is 8.14. The fourth-order valence-electron chi connectivity index (χ4n) is 0.952. The highest BCUT2D eigenvalue weighted by Gasteiger charge is 2.06. The van der Waals surface area contributed by atoms with Crippen LogP contribution in [0.3, 0.4) is 0 Å². The molecule has 1 aromatic heterocycles. The molecule has 0 fully saturated rings. The van der Waals surface area contributed by atoms with Gasteiger partial charge in [-0.25, -0.2) is 0 Å². The molecule has 0 aliphatic rings. The van der Waals surface area contributed by atoms with Gasteiger partial charge in [-0.1, -0.05) is 0 Å². The summed E-state index contributed by atoms with van der Waals surface area (Å²) < 4.78 is 0. The van der Waals surface area contributed by atoms with Crippen LogP contribution in [0, 0.1) is 13.8 Å². The molecule has 11 heavy (non-hydrogen) atoms. The molecule has 60 valence electrons. The summed E-state index contributed by atoms with van der Waals surface area (Å²) in [7, 11) is 0. The second-order valence-electron chi connectivity index (χ2n) is 2.66. The van der Waals surface area contributed by atoms with Crippen LogP contribution in [-0.2, 0) is 0 Å². The lowest BCUT2D eigenvalue weighted by Crippen LogP contribution is -2.02. The molecule has 0 aliphatic carbocycles. The van der Waals surface area contributed by atoms with E-state index in [1.807, 2.05) is 13.8 Å². The fraction of sp³-hybridized carbons (Fsp3) is 0.500. The largest absolute Gasteiger partial charge is 0.387 e. The van der Waals surface area contributed by atoms with Crippen LogP contribution >= 0.6 is 0 Å². The highest BCUT2D eigenvalue weighted by molar-refractivity contribution is 5.13. The molecule has 1 N–H and O–H groups in total. The van der Waals surface area contributed by atoms with Gasteiger partial charge < -0.3 is 5.11 Å². The lowest BCUT2D eigenvalue weighted by atomic mass is 10.2. The van der Waals surface area contributed by atoms with Crippen molar-refractivity contribution < 1.29 is 5.11 Å². The van der Waals surface area contributed by atoms with Gasteiger partial charge in [0.15, 0.2) is 0 Å². The van der Waals surface area contributed by atoms with Gasteiger partial charge in [0.2, 0.25) is 0 Å². The van der Waals surface area contributed by atoms with Crippen molar-refractivity contribution in [2.24, 2.45) is 0 Å². The number of aliphatic hydroxyl groups excluding tert-OH is 1. The Kier molecular flexibility index (Phi) is 2.19. The smallest absolute Gasteiger partial charge is 0.0950 e.